The largest absolute Gasteiger partial charge is 0.542 e. The molecular formula is C14H26O12. The van der Waals surface area contributed by atoms with Gasteiger partial charge in [0.25, 0.3) is 0 Å². The van der Waals surface area contributed by atoms with E-state index >= 15 is 0 Å². The van der Waals surface area contributed by atoms with E-state index < -0.39 is 23.9 Å². The fourth-order valence-electron chi connectivity index (χ4n) is 1.35. The van der Waals surface area contributed by atoms with Gasteiger partial charge in [-0.1, -0.05) is 0 Å². The molecule has 0 rings (SSSR count). The highest BCUT2D eigenvalue weighted by molar-refractivity contribution is 5.59. The summed E-state index contributed by atoms with van der Waals surface area (Å²) in [7, 11) is 5.78. The predicted octanol–water partition coefficient (Wildman–Crippen LogP) is 1.87. The van der Waals surface area contributed by atoms with Crippen molar-refractivity contribution >= 4 is 12.3 Å². The Morgan fingerprint density at radius 3 is 1.23 bits per heavy atom. The maximum absolute atomic E-state index is 11.2. The monoisotopic (exact) mass is 386 g/mol. The summed E-state index contributed by atoms with van der Waals surface area (Å²) in [6.45, 7) is 3.15. The third-order valence-corrected chi connectivity index (χ3v) is 3.51. The van der Waals surface area contributed by atoms with E-state index in [1.807, 2.05) is 0 Å². The molecule has 0 N–H and O–H groups in total. The quantitative estimate of drug-likeness (QED) is 0.151. The standard InChI is InChI=1S/C14H26O12/c1-13(17-3,18-4)7-9-21-11(15)23-25-26-24-12(16)22-10-8-14(2,19-5)20-6/h7-10H2,1-6H3. The number of methoxy groups -OCH3 is 4. The molecule has 0 radical (unpaired) electrons. The normalized spacial score (nSPS) is 11.8. The summed E-state index contributed by atoms with van der Waals surface area (Å²) in [6.07, 6.45) is -1.98. The van der Waals surface area contributed by atoms with E-state index in [2.05, 4.69) is 29.3 Å². The number of hydrogen-bond donors (Lipinski definition) is 0. The van der Waals surface area contributed by atoms with E-state index in [9.17, 15) is 9.59 Å². The van der Waals surface area contributed by atoms with Gasteiger partial charge in [0, 0.05) is 51.4 Å². The lowest BCUT2D eigenvalue weighted by Crippen LogP contribution is -2.31. The van der Waals surface area contributed by atoms with Crippen molar-refractivity contribution in [2.75, 3.05) is 41.7 Å². The van der Waals surface area contributed by atoms with Crippen LogP contribution in [-0.4, -0.2) is 65.5 Å². The van der Waals surface area contributed by atoms with Crippen LogP contribution in [-0.2, 0) is 48.3 Å². The maximum atomic E-state index is 11.2. The zero-order valence-electron chi connectivity index (χ0n) is 15.7. The highest BCUT2D eigenvalue weighted by Gasteiger charge is 2.24. The van der Waals surface area contributed by atoms with E-state index in [0.717, 1.165) is 0 Å². The first kappa shape index (κ1) is 24.3. The van der Waals surface area contributed by atoms with Gasteiger partial charge in [0.05, 0.1) is 0 Å². The highest BCUT2D eigenvalue weighted by Crippen LogP contribution is 2.15. The number of carbonyl (C=O) groups is 2. The topological polar surface area (TPSA) is 126 Å². The second kappa shape index (κ2) is 12.6. The Bertz CT molecular complexity index is 367. The van der Waals surface area contributed by atoms with Crippen LogP contribution < -0.4 is 0 Å². The molecule has 12 nitrogen and oxygen atoms in total. The summed E-state index contributed by atoms with van der Waals surface area (Å²) in [5.41, 5.74) is 0. The van der Waals surface area contributed by atoms with Gasteiger partial charge in [-0.25, -0.2) is 19.4 Å². The number of hydrogen-bond acceptors (Lipinski definition) is 12. The molecule has 0 bridgehead atoms. The van der Waals surface area contributed by atoms with Crippen molar-refractivity contribution in [3.05, 3.63) is 0 Å². The smallest absolute Gasteiger partial charge is 0.432 e. The van der Waals surface area contributed by atoms with Crippen molar-refractivity contribution in [2.45, 2.75) is 38.3 Å². The van der Waals surface area contributed by atoms with Crippen LogP contribution in [0.2, 0.25) is 0 Å². The molecule has 0 saturated carbocycles. The summed E-state index contributed by atoms with van der Waals surface area (Å²) in [6, 6.07) is 0. The van der Waals surface area contributed by atoms with Crippen LogP contribution >= 0.6 is 0 Å². The molecule has 0 unspecified atom stereocenters. The van der Waals surface area contributed by atoms with Gasteiger partial charge in [0.15, 0.2) is 11.6 Å². The lowest BCUT2D eigenvalue weighted by molar-refractivity contribution is -0.601. The Morgan fingerprint density at radius 2 is 0.962 bits per heavy atom. The minimum atomic E-state index is -1.23. The first-order chi connectivity index (χ1) is 12.2. The lowest BCUT2D eigenvalue weighted by atomic mass is 10.2. The summed E-state index contributed by atoms with van der Waals surface area (Å²) in [4.78, 5) is 30.4. The molecule has 0 aromatic carbocycles. The summed E-state index contributed by atoms with van der Waals surface area (Å²) in [5, 5.41) is 7.76. The zero-order valence-corrected chi connectivity index (χ0v) is 15.7. The molecule has 0 fully saturated rings. The Labute approximate surface area is 151 Å². The minimum absolute atomic E-state index is 0.0823. The van der Waals surface area contributed by atoms with E-state index in [0.29, 0.717) is 0 Å². The summed E-state index contributed by atoms with van der Waals surface area (Å²) >= 11 is 0. The molecule has 0 amide bonds. The lowest BCUT2D eigenvalue weighted by Gasteiger charge is -2.25. The Balaban J connectivity index is 3.75. The Morgan fingerprint density at radius 1 is 0.654 bits per heavy atom. The van der Waals surface area contributed by atoms with Crippen LogP contribution in [0.25, 0.3) is 0 Å². The van der Waals surface area contributed by atoms with Crippen LogP contribution in [0.15, 0.2) is 0 Å². The summed E-state index contributed by atoms with van der Waals surface area (Å²) in [5.74, 6) is -1.82. The molecule has 0 atom stereocenters. The van der Waals surface area contributed by atoms with Crippen LogP contribution in [0, 0.1) is 0 Å². The van der Waals surface area contributed by atoms with Crippen molar-refractivity contribution in [3.63, 3.8) is 0 Å². The molecule has 0 saturated heterocycles. The predicted molar refractivity (Wildman–Crippen MR) is 81.1 cm³/mol. The Hall–Kier alpha value is -1.70. The van der Waals surface area contributed by atoms with Crippen LogP contribution in [0.5, 0.6) is 0 Å². The van der Waals surface area contributed by atoms with Gasteiger partial charge >= 0.3 is 12.3 Å². The molecule has 0 spiro atoms. The SMILES string of the molecule is COC(C)(CCOC(=O)OOOOC(=O)OCCC(C)(OC)OC)OC. The molecule has 0 aliphatic rings. The van der Waals surface area contributed by atoms with Gasteiger partial charge in [-0.15, -0.1) is 0 Å². The highest BCUT2D eigenvalue weighted by atomic mass is 17.7. The maximum Gasteiger partial charge on any atom is 0.542 e. The molecule has 154 valence electrons. The van der Waals surface area contributed by atoms with Crippen molar-refractivity contribution < 1.29 is 57.9 Å². The molecule has 0 aromatic heterocycles. The average molecular weight is 386 g/mol. The van der Waals surface area contributed by atoms with Crippen LogP contribution in [0.1, 0.15) is 26.7 Å². The third kappa shape index (κ3) is 10.3. The van der Waals surface area contributed by atoms with Gasteiger partial charge in [0.1, 0.15) is 13.2 Å². The number of rotatable bonds is 13. The molecule has 0 heterocycles. The van der Waals surface area contributed by atoms with Crippen molar-refractivity contribution in [1.29, 1.82) is 0 Å². The van der Waals surface area contributed by atoms with Gasteiger partial charge in [0.2, 0.25) is 0 Å². The summed E-state index contributed by atoms with van der Waals surface area (Å²) < 4.78 is 29.6. The average Bonchev–Trinajstić information content (AvgIpc) is 2.64. The first-order valence-corrected chi connectivity index (χ1v) is 7.46. The van der Waals surface area contributed by atoms with Crippen molar-refractivity contribution in [2.24, 2.45) is 0 Å². The molecule has 0 aliphatic heterocycles. The van der Waals surface area contributed by atoms with E-state index in [1.54, 1.807) is 13.8 Å². The molecule has 26 heavy (non-hydrogen) atoms. The fourth-order valence-corrected chi connectivity index (χ4v) is 1.35. The third-order valence-electron chi connectivity index (χ3n) is 3.51. The number of carbonyl (C=O) groups excluding carboxylic acids is 2. The fraction of sp³-hybridized carbons (Fsp3) is 0.857. The van der Waals surface area contributed by atoms with Crippen LogP contribution in [0.4, 0.5) is 9.59 Å². The zero-order chi connectivity index (χ0) is 20.1. The molecule has 0 aliphatic carbocycles. The van der Waals surface area contributed by atoms with E-state index in [-0.39, 0.29) is 26.1 Å². The second-order valence-electron chi connectivity index (χ2n) is 5.08. The number of ether oxygens (including phenoxy) is 6. The first-order valence-electron chi connectivity index (χ1n) is 7.46. The van der Waals surface area contributed by atoms with E-state index in [1.165, 1.54) is 28.4 Å². The molecular weight excluding hydrogens is 360 g/mol. The van der Waals surface area contributed by atoms with Crippen molar-refractivity contribution in [3.8, 4) is 0 Å². The van der Waals surface area contributed by atoms with E-state index in [4.69, 9.17) is 18.9 Å². The molecule has 0 aromatic rings. The van der Waals surface area contributed by atoms with Gasteiger partial charge in [-0.3, -0.25) is 0 Å². The molecule has 12 heteroatoms. The van der Waals surface area contributed by atoms with Gasteiger partial charge in [-0.2, -0.15) is 0 Å². The Kier molecular flexibility index (Phi) is 11.8. The van der Waals surface area contributed by atoms with Gasteiger partial charge < -0.3 is 28.4 Å². The van der Waals surface area contributed by atoms with Crippen molar-refractivity contribution in [1.82, 2.24) is 0 Å². The van der Waals surface area contributed by atoms with Crippen LogP contribution in [0.3, 0.4) is 0 Å². The van der Waals surface area contributed by atoms with Gasteiger partial charge in [-0.05, 0) is 13.8 Å². The second-order valence-corrected chi connectivity index (χ2v) is 5.08. The minimum Gasteiger partial charge on any atom is -0.432 e.